The molecule has 0 aliphatic heterocycles. The van der Waals surface area contributed by atoms with Gasteiger partial charge in [-0.25, -0.2) is 4.79 Å². The van der Waals surface area contributed by atoms with Gasteiger partial charge in [0, 0.05) is 29.3 Å². The normalized spacial score (nSPS) is 11.2. The maximum Gasteiger partial charge on any atom is 0.407 e. The average molecular weight is 329 g/mol. The third-order valence-electron chi connectivity index (χ3n) is 2.42. The molecule has 0 saturated heterocycles. The fourth-order valence-electron chi connectivity index (χ4n) is 1.50. The smallest absolute Gasteiger partial charge is 0.407 e. The van der Waals surface area contributed by atoms with Gasteiger partial charge in [0.15, 0.2) is 0 Å². The molecule has 1 heterocycles. The van der Waals surface area contributed by atoms with Crippen LogP contribution in [0.25, 0.3) is 0 Å². The molecule has 1 N–H and O–H groups in total. The van der Waals surface area contributed by atoms with Gasteiger partial charge in [0.05, 0.1) is 0 Å². The molecular weight excluding hydrogens is 308 g/mol. The van der Waals surface area contributed by atoms with E-state index in [1.54, 1.807) is 0 Å². The highest BCUT2D eigenvalue weighted by Gasteiger charge is 2.15. The van der Waals surface area contributed by atoms with Crippen molar-refractivity contribution >= 4 is 22.0 Å². The summed E-state index contributed by atoms with van der Waals surface area (Å²) >= 11 is 3.52. The first-order valence-corrected chi connectivity index (χ1v) is 7.21. The van der Waals surface area contributed by atoms with E-state index in [4.69, 9.17) is 4.74 Å². The molecule has 0 saturated carbocycles. The van der Waals surface area contributed by atoms with Crippen LogP contribution in [-0.2, 0) is 17.6 Å². The van der Waals surface area contributed by atoms with Gasteiger partial charge in [0.2, 0.25) is 0 Å². The molecule has 0 fully saturated rings. The molecular formula is C14H21BrN2O2. The van der Waals surface area contributed by atoms with Crippen LogP contribution in [0.3, 0.4) is 0 Å². The highest BCUT2D eigenvalue weighted by molar-refractivity contribution is 9.10. The number of nitrogens with one attached hydrogen (secondary N) is 1. The molecule has 5 heteroatoms. The zero-order valence-electron chi connectivity index (χ0n) is 11.9. The molecule has 106 valence electrons. The molecule has 0 unspecified atom stereocenters. The van der Waals surface area contributed by atoms with Crippen molar-refractivity contribution in [3.8, 4) is 0 Å². The van der Waals surface area contributed by atoms with Crippen molar-refractivity contribution in [3.63, 3.8) is 0 Å². The molecule has 0 radical (unpaired) electrons. The Hall–Kier alpha value is -1.10. The summed E-state index contributed by atoms with van der Waals surface area (Å²) in [5.74, 6) is 0. The number of carbonyl (C=O) groups is 1. The summed E-state index contributed by atoms with van der Waals surface area (Å²) < 4.78 is 6.22. The summed E-state index contributed by atoms with van der Waals surface area (Å²) in [6.07, 6.45) is 3.11. The molecule has 0 aromatic carbocycles. The molecule has 0 bridgehead atoms. The minimum atomic E-state index is -0.464. The maximum absolute atomic E-state index is 11.5. The molecule has 4 nitrogen and oxygen atoms in total. The van der Waals surface area contributed by atoms with Crippen molar-refractivity contribution in [2.45, 2.75) is 46.1 Å². The van der Waals surface area contributed by atoms with Gasteiger partial charge < -0.3 is 10.1 Å². The third-order valence-corrected chi connectivity index (χ3v) is 3.15. The van der Waals surface area contributed by atoms with Gasteiger partial charge in [-0.05, 0) is 38.8 Å². The SMILES string of the molecule is CCc1cnc(CCNC(=O)OC(C)(C)C)cc1Br. The van der Waals surface area contributed by atoms with Crippen molar-refractivity contribution < 1.29 is 9.53 Å². The first-order valence-electron chi connectivity index (χ1n) is 6.42. The highest BCUT2D eigenvalue weighted by atomic mass is 79.9. The fourth-order valence-corrected chi connectivity index (χ4v) is 2.15. The predicted molar refractivity (Wildman–Crippen MR) is 79.3 cm³/mol. The van der Waals surface area contributed by atoms with Gasteiger partial charge in [0.25, 0.3) is 0 Å². The molecule has 0 atom stereocenters. The Kier molecular flexibility index (Phi) is 5.79. The second-order valence-electron chi connectivity index (χ2n) is 5.30. The minimum Gasteiger partial charge on any atom is -0.444 e. The summed E-state index contributed by atoms with van der Waals surface area (Å²) in [5, 5.41) is 2.72. The lowest BCUT2D eigenvalue weighted by Crippen LogP contribution is -2.33. The van der Waals surface area contributed by atoms with Crippen LogP contribution < -0.4 is 5.32 Å². The van der Waals surface area contributed by atoms with E-state index in [2.05, 4.69) is 33.2 Å². The number of aryl methyl sites for hydroxylation is 1. The van der Waals surface area contributed by atoms with E-state index in [0.717, 1.165) is 16.6 Å². The molecule has 1 aromatic heterocycles. The molecule has 0 aliphatic rings. The number of hydrogen-bond donors (Lipinski definition) is 1. The van der Waals surface area contributed by atoms with Crippen molar-refractivity contribution in [2.24, 2.45) is 0 Å². The zero-order chi connectivity index (χ0) is 14.5. The second kappa shape index (κ2) is 6.89. The first kappa shape index (κ1) is 16.0. The Morgan fingerprint density at radius 3 is 2.68 bits per heavy atom. The van der Waals surface area contributed by atoms with Crippen molar-refractivity contribution in [2.75, 3.05) is 6.54 Å². The van der Waals surface area contributed by atoms with Crippen LogP contribution in [-0.4, -0.2) is 23.2 Å². The Morgan fingerprint density at radius 1 is 1.47 bits per heavy atom. The number of ether oxygens (including phenoxy) is 1. The van der Waals surface area contributed by atoms with Crippen LogP contribution in [0.5, 0.6) is 0 Å². The minimum absolute atomic E-state index is 0.392. The zero-order valence-corrected chi connectivity index (χ0v) is 13.5. The molecule has 1 aromatic rings. The average Bonchev–Trinajstić information content (AvgIpc) is 2.26. The topological polar surface area (TPSA) is 51.2 Å². The molecule has 1 rings (SSSR count). The van der Waals surface area contributed by atoms with Crippen LogP contribution in [0.15, 0.2) is 16.7 Å². The standard InChI is InChI=1S/C14H21BrN2O2/c1-5-10-9-17-11(8-12(10)15)6-7-16-13(18)19-14(2,3)4/h8-9H,5-7H2,1-4H3,(H,16,18). The van der Waals surface area contributed by atoms with E-state index in [0.29, 0.717) is 13.0 Å². The number of hydrogen-bond acceptors (Lipinski definition) is 3. The van der Waals surface area contributed by atoms with E-state index in [-0.39, 0.29) is 0 Å². The van der Waals surface area contributed by atoms with Gasteiger partial charge in [-0.1, -0.05) is 22.9 Å². The monoisotopic (exact) mass is 328 g/mol. The van der Waals surface area contributed by atoms with Gasteiger partial charge in [0.1, 0.15) is 5.60 Å². The predicted octanol–water partition coefficient (Wildman–Crippen LogP) is 3.47. The lowest BCUT2D eigenvalue weighted by molar-refractivity contribution is 0.0528. The summed E-state index contributed by atoms with van der Waals surface area (Å²) in [4.78, 5) is 15.8. The summed E-state index contributed by atoms with van der Waals surface area (Å²) in [5.41, 5.74) is 1.66. The second-order valence-corrected chi connectivity index (χ2v) is 6.15. The number of carbonyl (C=O) groups excluding carboxylic acids is 1. The van der Waals surface area contributed by atoms with Crippen LogP contribution in [0.4, 0.5) is 4.79 Å². The van der Waals surface area contributed by atoms with Crippen LogP contribution in [0, 0.1) is 0 Å². The lowest BCUT2D eigenvalue weighted by Gasteiger charge is -2.19. The van der Waals surface area contributed by atoms with Gasteiger partial charge in [-0.15, -0.1) is 0 Å². The summed E-state index contributed by atoms with van der Waals surface area (Å²) in [7, 11) is 0. The van der Waals surface area contributed by atoms with E-state index in [9.17, 15) is 4.79 Å². The van der Waals surface area contributed by atoms with Crippen LogP contribution in [0.2, 0.25) is 0 Å². The quantitative estimate of drug-likeness (QED) is 0.920. The fraction of sp³-hybridized carbons (Fsp3) is 0.571. The molecule has 0 spiro atoms. The molecule has 19 heavy (non-hydrogen) atoms. The Morgan fingerprint density at radius 2 is 2.16 bits per heavy atom. The Bertz CT molecular complexity index is 442. The number of aromatic nitrogens is 1. The van der Waals surface area contributed by atoms with E-state index >= 15 is 0 Å². The van der Waals surface area contributed by atoms with Crippen molar-refractivity contribution in [1.29, 1.82) is 0 Å². The third kappa shape index (κ3) is 6.05. The lowest BCUT2D eigenvalue weighted by atomic mass is 10.2. The number of pyridine rings is 1. The Balaban J connectivity index is 2.41. The van der Waals surface area contributed by atoms with Crippen molar-refractivity contribution in [1.82, 2.24) is 10.3 Å². The van der Waals surface area contributed by atoms with E-state index < -0.39 is 11.7 Å². The van der Waals surface area contributed by atoms with Crippen molar-refractivity contribution in [3.05, 3.63) is 28.0 Å². The first-order chi connectivity index (χ1) is 8.81. The summed E-state index contributed by atoms with van der Waals surface area (Å²) in [6, 6.07) is 2.00. The van der Waals surface area contributed by atoms with Crippen LogP contribution >= 0.6 is 15.9 Å². The number of nitrogens with zero attached hydrogens (tertiary/aromatic N) is 1. The number of alkyl carbamates (subject to hydrolysis) is 1. The van der Waals surface area contributed by atoms with Crippen LogP contribution in [0.1, 0.15) is 39.0 Å². The summed E-state index contributed by atoms with van der Waals surface area (Å²) in [6.45, 7) is 8.13. The molecule has 0 aliphatic carbocycles. The van der Waals surface area contributed by atoms with E-state index in [1.807, 2.05) is 33.0 Å². The Labute approximate surface area is 123 Å². The molecule has 1 amide bonds. The van der Waals surface area contributed by atoms with Gasteiger partial charge in [-0.2, -0.15) is 0 Å². The van der Waals surface area contributed by atoms with E-state index in [1.165, 1.54) is 5.56 Å². The van der Waals surface area contributed by atoms with Gasteiger partial charge >= 0.3 is 6.09 Å². The van der Waals surface area contributed by atoms with Gasteiger partial charge in [-0.3, -0.25) is 4.98 Å². The number of amides is 1. The largest absolute Gasteiger partial charge is 0.444 e. The number of rotatable bonds is 4. The number of halogens is 1. The highest BCUT2D eigenvalue weighted by Crippen LogP contribution is 2.17. The maximum atomic E-state index is 11.5.